The lowest BCUT2D eigenvalue weighted by atomic mass is 10.3. The van der Waals surface area contributed by atoms with Crippen molar-refractivity contribution < 1.29 is 24.2 Å². The number of rotatable bonds is 6. The lowest BCUT2D eigenvalue weighted by Crippen LogP contribution is -2.16. The number of carbonyl (C=O) groups is 2. The highest BCUT2D eigenvalue weighted by atomic mass is 32.1. The third kappa shape index (κ3) is 4.04. The molecule has 0 bridgehead atoms. The van der Waals surface area contributed by atoms with Gasteiger partial charge >= 0.3 is 5.97 Å². The number of anilines is 1. The fraction of sp³-hybridized carbons (Fsp3) is 0.143. The van der Waals surface area contributed by atoms with E-state index in [0.29, 0.717) is 17.2 Å². The monoisotopic (exact) mass is 307 g/mol. The molecule has 1 amide bonds. The first-order chi connectivity index (χ1) is 10.1. The number of benzene rings is 1. The van der Waals surface area contributed by atoms with Crippen LogP contribution in [0.3, 0.4) is 0 Å². The Morgan fingerprint density at radius 3 is 2.57 bits per heavy atom. The minimum absolute atomic E-state index is 0.0187. The lowest BCUT2D eigenvalue weighted by Gasteiger charge is -2.07. The normalized spacial score (nSPS) is 10.1. The molecule has 2 rings (SSSR count). The first-order valence-electron chi connectivity index (χ1n) is 5.97. The lowest BCUT2D eigenvalue weighted by molar-refractivity contribution is -0.119. The number of methoxy groups -OCH3 is 1. The van der Waals surface area contributed by atoms with Crippen molar-refractivity contribution >= 4 is 28.9 Å². The van der Waals surface area contributed by atoms with Gasteiger partial charge in [-0.25, -0.2) is 4.79 Å². The quantitative estimate of drug-likeness (QED) is 0.857. The van der Waals surface area contributed by atoms with Crippen LogP contribution in [0.15, 0.2) is 35.7 Å². The molecule has 0 radical (unpaired) electrons. The molecule has 0 aliphatic carbocycles. The van der Waals surface area contributed by atoms with Crippen LogP contribution in [-0.2, 0) is 9.53 Å². The topological polar surface area (TPSA) is 84.9 Å². The predicted octanol–water partition coefficient (Wildman–Crippen LogP) is 2.82. The van der Waals surface area contributed by atoms with Crippen molar-refractivity contribution in [3.63, 3.8) is 0 Å². The van der Waals surface area contributed by atoms with Gasteiger partial charge in [0.25, 0.3) is 0 Å². The second-order valence-corrected chi connectivity index (χ2v) is 4.94. The highest BCUT2D eigenvalue weighted by molar-refractivity contribution is 7.12. The van der Waals surface area contributed by atoms with Gasteiger partial charge in [0.15, 0.2) is 10.6 Å². The molecule has 0 aliphatic rings. The summed E-state index contributed by atoms with van der Waals surface area (Å²) in [5, 5.41) is 13.3. The molecule has 0 saturated heterocycles. The van der Waals surface area contributed by atoms with E-state index in [1.165, 1.54) is 7.11 Å². The van der Waals surface area contributed by atoms with Crippen molar-refractivity contribution in [3.8, 4) is 11.5 Å². The molecule has 0 atom stereocenters. The Balaban J connectivity index is 2.04. The molecule has 6 nitrogen and oxygen atoms in total. The van der Waals surface area contributed by atoms with Gasteiger partial charge in [0, 0.05) is 12.8 Å². The van der Waals surface area contributed by atoms with Gasteiger partial charge in [0.05, 0.1) is 0 Å². The Hall–Kier alpha value is -2.38. The molecule has 2 aromatic rings. The average molecular weight is 307 g/mol. The minimum Gasteiger partial charge on any atom is -0.477 e. The zero-order valence-corrected chi connectivity index (χ0v) is 12.0. The van der Waals surface area contributed by atoms with E-state index >= 15 is 0 Å². The Labute approximate surface area is 124 Å². The average Bonchev–Trinajstić information content (AvgIpc) is 2.89. The van der Waals surface area contributed by atoms with Crippen molar-refractivity contribution in [2.45, 2.75) is 0 Å². The van der Waals surface area contributed by atoms with E-state index in [1.807, 2.05) is 0 Å². The first-order valence-corrected chi connectivity index (χ1v) is 6.85. The Bertz CT molecular complexity index is 635. The summed E-state index contributed by atoms with van der Waals surface area (Å²) in [5.74, 6) is -0.495. The van der Waals surface area contributed by atoms with Crippen LogP contribution in [-0.4, -0.2) is 30.7 Å². The number of carboxylic acid groups (broad SMARTS) is 1. The summed E-state index contributed by atoms with van der Waals surface area (Å²) in [6.45, 7) is -0.0187. The minimum atomic E-state index is -1.02. The van der Waals surface area contributed by atoms with Crippen LogP contribution in [0.2, 0.25) is 0 Å². The maximum atomic E-state index is 11.3. The van der Waals surface area contributed by atoms with E-state index in [0.717, 1.165) is 11.3 Å². The summed E-state index contributed by atoms with van der Waals surface area (Å²) in [7, 11) is 1.44. The highest BCUT2D eigenvalue weighted by Crippen LogP contribution is 2.30. The molecule has 21 heavy (non-hydrogen) atoms. The maximum Gasteiger partial charge on any atom is 0.349 e. The molecular formula is C14H13NO5S. The van der Waals surface area contributed by atoms with Crippen LogP contribution in [0, 0.1) is 0 Å². The van der Waals surface area contributed by atoms with E-state index in [-0.39, 0.29) is 17.4 Å². The Kier molecular flexibility index (Phi) is 4.91. The second kappa shape index (κ2) is 6.87. The van der Waals surface area contributed by atoms with E-state index < -0.39 is 5.97 Å². The maximum absolute atomic E-state index is 11.3. The van der Waals surface area contributed by atoms with E-state index in [9.17, 15) is 9.59 Å². The number of aromatic carboxylic acids is 1. The molecule has 0 saturated carbocycles. The summed E-state index contributed by atoms with van der Waals surface area (Å²) < 4.78 is 10.2. The van der Waals surface area contributed by atoms with Crippen LogP contribution in [0.1, 0.15) is 9.67 Å². The fourth-order valence-corrected chi connectivity index (χ4v) is 2.25. The Morgan fingerprint density at radius 1 is 1.24 bits per heavy atom. The number of ether oxygens (including phenoxy) is 2. The number of carbonyl (C=O) groups excluding carboxylic acids is 1. The van der Waals surface area contributed by atoms with E-state index in [4.69, 9.17) is 14.6 Å². The summed E-state index contributed by atoms with van der Waals surface area (Å²) in [6, 6.07) is 8.21. The number of hydrogen-bond donors (Lipinski definition) is 2. The first kappa shape index (κ1) is 15.0. The number of hydrogen-bond acceptors (Lipinski definition) is 5. The third-order valence-corrected chi connectivity index (χ3v) is 3.35. The van der Waals surface area contributed by atoms with Gasteiger partial charge < -0.3 is 19.9 Å². The molecule has 1 heterocycles. The van der Waals surface area contributed by atoms with Crippen molar-refractivity contribution in [1.82, 2.24) is 0 Å². The van der Waals surface area contributed by atoms with Gasteiger partial charge in [-0.3, -0.25) is 4.79 Å². The van der Waals surface area contributed by atoms with Crippen molar-refractivity contribution in [2.75, 3.05) is 19.0 Å². The zero-order valence-electron chi connectivity index (χ0n) is 11.2. The van der Waals surface area contributed by atoms with Crippen LogP contribution in [0.5, 0.6) is 11.5 Å². The fourth-order valence-electron chi connectivity index (χ4n) is 1.60. The van der Waals surface area contributed by atoms with Crippen LogP contribution < -0.4 is 10.1 Å². The molecule has 1 aromatic heterocycles. The molecular weight excluding hydrogens is 294 g/mol. The van der Waals surface area contributed by atoms with E-state index in [1.54, 1.807) is 35.7 Å². The van der Waals surface area contributed by atoms with Gasteiger partial charge in [-0.2, -0.15) is 0 Å². The van der Waals surface area contributed by atoms with E-state index in [2.05, 4.69) is 5.32 Å². The molecule has 1 aromatic carbocycles. The zero-order chi connectivity index (χ0) is 15.2. The van der Waals surface area contributed by atoms with Crippen molar-refractivity contribution in [2.24, 2.45) is 0 Å². The van der Waals surface area contributed by atoms with Crippen LogP contribution in [0.25, 0.3) is 0 Å². The summed E-state index contributed by atoms with van der Waals surface area (Å²) in [5.41, 5.74) is 0.605. The molecule has 110 valence electrons. The summed E-state index contributed by atoms with van der Waals surface area (Å²) in [6.07, 6.45) is 0. The SMILES string of the molecule is COCC(=O)Nc1ccc(Oc2ccsc2C(=O)O)cc1. The van der Waals surface area contributed by atoms with Crippen molar-refractivity contribution in [1.29, 1.82) is 0 Å². The van der Waals surface area contributed by atoms with Crippen molar-refractivity contribution in [3.05, 3.63) is 40.6 Å². The molecule has 0 aliphatic heterocycles. The number of thiophene rings is 1. The second-order valence-electron chi connectivity index (χ2n) is 4.03. The molecule has 2 N–H and O–H groups in total. The van der Waals surface area contributed by atoms with Gasteiger partial charge in [-0.05, 0) is 35.7 Å². The predicted molar refractivity (Wildman–Crippen MR) is 78.3 cm³/mol. The third-order valence-electron chi connectivity index (χ3n) is 2.46. The van der Waals surface area contributed by atoms with Gasteiger partial charge in [-0.1, -0.05) is 0 Å². The van der Waals surface area contributed by atoms with Gasteiger partial charge in [0.2, 0.25) is 5.91 Å². The molecule has 7 heteroatoms. The van der Waals surface area contributed by atoms with Gasteiger partial charge in [0.1, 0.15) is 12.4 Å². The van der Waals surface area contributed by atoms with Crippen LogP contribution in [0.4, 0.5) is 5.69 Å². The number of carboxylic acids is 1. The summed E-state index contributed by atoms with van der Waals surface area (Å²) >= 11 is 1.10. The van der Waals surface area contributed by atoms with Gasteiger partial charge in [-0.15, -0.1) is 11.3 Å². The largest absolute Gasteiger partial charge is 0.477 e. The smallest absolute Gasteiger partial charge is 0.349 e. The number of nitrogens with one attached hydrogen (secondary N) is 1. The summed E-state index contributed by atoms with van der Waals surface area (Å²) in [4.78, 5) is 22.5. The molecule has 0 spiro atoms. The Morgan fingerprint density at radius 2 is 1.95 bits per heavy atom. The van der Waals surface area contributed by atoms with Crippen LogP contribution >= 0.6 is 11.3 Å². The number of amides is 1. The molecule has 0 fully saturated rings. The standard InChI is InChI=1S/C14H13NO5S/c1-19-8-12(16)15-9-2-4-10(5-3-9)20-11-6-7-21-13(11)14(17)18/h2-7H,8H2,1H3,(H,15,16)(H,17,18). The molecule has 0 unspecified atom stereocenters. The highest BCUT2D eigenvalue weighted by Gasteiger charge is 2.13.